The topological polar surface area (TPSA) is 12.5 Å². The van der Waals surface area contributed by atoms with Crippen molar-refractivity contribution in [2.45, 2.75) is 96.5 Å². The molecular weight excluding hydrogens is 457 g/mol. The standard InChI is InChI=1S/C32H41F3O/c1-2-3-21-6-12-24(13-7-21)25-14-8-22(9-15-25)4-5-23-10-16-26(17-11-23)27-18-19-28(29-20-36-29)31(33)30(27)32(34)35/h10-11,16-19,21-22,24-25,29,32H,2-9,12-15,20H2,1H3. The molecule has 1 aliphatic heterocycles. The van der Waals surface area contributed by atoms with Gasteiger partial charge in [0, 0.05) is 5.56 Å². The van der Waals surface area contributed by atoms with E-state index < -0.39 is 17.8 Å². The first-order chi connectivity index (χ1) is 17.5. The minimum atomic E-state index is -2.86. The fraction of sp³-hybridized carbons (Fsp3) is 0.625. The smallest absolute Gasteiger partial charge is 0.267 e. The van der Waals surface area contributed by atoms with Crippen molar-refractivity contribution in [2.75, 3.05) is 6.61 Å². The second kappa shape index (κ2) is 11.7. The monoisotopic (exact) mass is 498 g/mol. The molecule has 2 saturated carbocycles. The maximum atomic E-state index is 14.8. The summed E-state index contributed by atoms with van der Waals surface area (Å²) in [6.07, 6.45) is 13.1. The van der Waals surface area contributed by atoms with Crippen LogP contribution in [0.4, 0.5) is 13.2 Å². The van der Waals surface area contributed by atoms with E-state index in [-0.39, 0.29) is 17.2 Å². The van der Waals surface area contributed by atoms with Crippen LogP contribution in [0.25, 0.3) is 11.1 Å². The predicted octanol–water partition coefficient (Wildman–Crippen LogP) is 9.85. The SMILES string of the molecule is CCCC1CCC(C2CCC(CCc3ccc(-c4ccc(C5CO5)c(F)c4C(F)F)cc3)CC2)CC1. The molecule has 0 N–H and O–H groups in total. The lowest BCUT2D eigenvalue weighted by Gasteiger charge is -2.38. The van der Waals surface area contributed by atoms with E-state index in [1.54, 1.807) is 12.1 Å². The average molecular weight is 499 g/mol. The summed E-state index contributed by atoms with van der Waals surface area (Å²) < 4.78 is 47.4. The molecule has 3 fully saturated rings. The molecule has 5 rings (SSSR count). The highest BCUT2D eigenvalue weighted by atomic mass is 19.3. The van der Waals surface area contributed by atoms with Gasteiger partial charge in [-0.3, -0.25) is 0 Å². The summed E-state index contributed by atoms with van der Waals surface area (Å²) in [5.74, 6) is 2.89. The molecule has 4 heteroatoms. The van der Waals surface area contributed by atoms with Gasteiger partial charge in [0.2, 0.25) is 0 Å². The van der Waals surface area contributed by atoms with E-state index in [2.05, 4.69) is 6.92 Å². The van der Waals surface area contributed by atoms with Gasteiger partial charge in [-0.15, -0.1) is 0 Å². The number of hydrogen-bond acceptors (Lipinski definition) is 1. The number of ether oxygens (including phenoxy) is 1. The lowest BCUT2D eigenvalue weighted by atomic mass is 9.68. The summed E-state index contributed by atoms with van der Waals surface area (Å²) >= 11 is 0. The number of rotatable bonds is 9. The van der Waals surface area contributed by atoms with Crippen molar-refractivity contribution in [1.82, 2.24) is 0 Å². The van der Waals surface area contributed by atoms with Crippen molar-refractivity contribution in [3.8, 4) is 11.1 Å². The van der Waals surface area contributed by atoms with E-state index >= 15 is 0 Å². The lowest BCUT2D eigenvalue weighted by Crippen LogP contribution is -2.26. The molecule has 0 spiro atoms. The summed E-state index contributed by atoms with van der Waals surface area (Å²) in [5.41, 5.74) is 1.89. The molecule has 2 aromatic carbocycles. The van der Waals surface area contributed by atoms with Crippen molar-refractivity contribution in [3.63, 3.8) is 0 Å². The van der Waals surface area contributed by atoms with E-state index in [0.29, 0.717) is 12.2 Å². The largest absolute Gasteiger partial charge is 0.368 e. The van der Waals surface area contributed by atoms with Gasteiger partial charge in [-0.05, 0) is 78.9 Å². The average Bonchev–Trinajstić information content (AvgIpc) is 3.74. The molecule has 1 saturated heterocycles. The van der Waals surface area contributed by atoms with Crippen LogP contribution in [0.1, 0.15) is 107 Å². The molecule has 0 radical (unpaired) electrons. The summed E-state index contributed by atoms with van der Waals surface area (Å²) in [7, 11) is 0. The third-order valence-corrected chi connectivity index (χ3v) is 9.36. The molecule has 0 aromatic heterocycles. The highest BCUT2D eigenvalue weighted by Gasteiger charge is 2.32. The molecule has 1 nitrogen and oxygen atoms in total. The first kappa shape index (κ1) is 25.8. The van der Waals surface area contributed by atoms with Crippen LogP contribution in [-0.4, -0.2) is 6.61 Å². The Morgan fingerprint density at radius 1 is 0.806 bits per heavy atom. The number of alkyl halides is 2. The van der Waals surface area contributed by atoms with Crippen molar-refractivity contribution in [2.24, 2.45) is 23.7 Å². The molecule has 36 heavy (non-hydrogen) atoms. The van der Waals surface area contributed by atoms with Gasteiger partial charge in [-0.2, -0.15) is 0 Å². The molecule has 2 aromatic rings. The fourth-order valence-corrected chi connectivity index (χ4v) is 7.08. The van der Waals surface area contributed by atoms with Crippen molar-refractivity contribution >= 4 is 0 Å². The van der Waals surface area contributed by atoms with Gasteiger partial charge < -0.3 is 4.74 Å². The maximum absolute atomic E-state index is 14.8. The van der Waals surface area contributed by atoms with Crippen LogP contribution in [0, 0.1) is 29.5 Å². The van der Waals surface area contributed by atoms with Gasteiger partial charge in [-0.1, -0.05) is 81.8 Å². The fourth-order valence-electron chi connectivity index (χ4n) is 7.08. The number of hydrogen-bond donors (Lipinski definition) is 0. The highest BCUT2D eigenvalue weighted by Crippen LogP contribution is 2.43. The number of aryl methyl sites for hydroxylation is 1. The Balaban J connectivity index is 1.12. The Kier molecular flexibility index (Phi) is 8.40. The van der Waals surface area contributed by atoms with Gasteiger partial charge in [-0.25, -0.2) is 13.2 Å². The Labute approximate surface area is 214 Å². The van der Waals surface area contributed by atoms with Crippen molar-refractivity contribution in [1.29, 1.82) is 0 Å². The van der Waals surface area contributed by atoms with Gasteiger partial charge in [0.15, 0.2) is 0 Å². The second-order valence-corrected chi connectivity index (χ2v) is 11.6. The summed E-state index contributed by atoms with van der Waals surface area (Å²) in [6, 6.07) is 11.0. The predicted molar refractivity (Wildman–Crippen MR) is 140 cm³/mol. The van der Waals surface area contributed by atoms with Crippen LogP contribution >= 0.6 is 0 Å². The maximum Gasteiger partial charge on any atom is 0.267 e. The van der Waals surface area contributed by atoms with Crippen LogP contribution < -0.4 is 0 Å². The quantitative estimate of drug-likeness (QED) is 0.313. The third-order valence-electron chi connectivity index (χ3n) is 9.36. The van der Waals surface area contributed by atoms with E-state index in [1.165, 1.54) is 76.2 Å². The first-order valence-corrected chi connectivity index (χ1v) is 14.3. The minimum Gasteiger partial charge on any atom is -0.368 e. The highest BCUT2D eigenvalue weighted by molar-refractivity contribution is 5.69. The molecule has 1 heterocycles. The molecule has 0 amide bonds. The summed E-state index contributed by atoms with van der Waals surface area (Å²) in [5, 5.41) is 0. The molecule has 196 valence electrons. The molecular formula is C32H41F3O. The van der Waals surface area contributed by atoms with Crippen molar-refractivity contribution in [3.05, 3.63) is 58.9 Å². The van der Waals surface area contributed by atoms with Gasteiger partial charge >= 0.3 is 0 Å². The Bertz CT molecular complexity index is 981. The first-order valence-electron chi connectivity index (χ1n) is 14.3. The van der Waals surface area contributed by atoms with E-state index in [1.807, 2.05) is 24.3 Å². The Morgan fingerprint density at radius 2 is 1.39 bits per heavy atom. The zero-order valence-electron chi connectivity index (χ0n) is 21.7. The summed E-state index contributed by atoms with van der Waals surface area (Å²) in [4.78, 5) is 0. The van der Waals surface area contributed by atoms with Crippen LogP contribution in [-0.2, 0) is 11.2 Å². The van der Waals surface area contributed by atoms with Gasteiger partial charge in [0.25, 0.3) is 6.43 Å². The van der Waals surface area contributed by atoms with E-state index in [4.69, 9.17) is 4.74 Å². The molecule has 0 bridgehead atoms. The molecule has 1 unspecified atom stereocenters. The number of halogens is 3. The number of benzene rings is 2. The zero-order chi connectivity index (χ0) is 25.1. The third kappa shape index (κ3) is 6.01. The Morgan fingerprint density at radius 3 is 1.92 bits per heavy atom. The van der Waals surface area contributed by atoms with Crippen LogP contribution in [0.3, 0.4) is 0 Å². The second-order valence-electron chi connectivity index (χ2n) is 11.6. The van der Waals surface area contributed by atoms with Crippen molar-refractivity contribution < 1.29 is 17.9 Å². The number of epoxide rings is 1. The zero-order valence-corrected chi connectivity index (χ0v) is 21.7. The normalized spacial score (nSPS) is 28.4. The molecule has 2 aliphatic carbocycles. The lowest BCUT2D eigenvalue weighted by molar-refractivity contribution is 0.141. The van der Waals surface area contributed by atoms with Crippen LogP contribution in [0.2, 0.25) is 0 Å². The van der Waals surface area contributed by atoms with Crippen LogP contribution in [0.5, 0.6) is 0 Å². The molecule has 1 atom stereocenters. The van der Waals surface area contributed by atoms with Crippen LogP contribution in [0.15, 0.2) is 36.4 Å². The van der Waals surface area contributed by atoms with E-state index in [9.17, 15) is 13.2 Å². The summed E-state index contributed by atoms with van der Waals surface area (Å²) in [6.45, 7) is 2.71. The van der Waals surface area contributed by atoms with Gasteiger partial charge in [0.1, 0.15) is 11.9 Å². The Hall–Kier alpha value is -1.81. The minimum absolute atomic E-state index is 0.240. The van der Waals surface area contributed by atoms with Gasteiger partial charge in [0.05, 0.1) is 12.2 Å². The molecule has 3 aliphatic rings. The van der Waals surface area contributed by atoms with E-state index in [0.717, 1.165) is 30.1 Å².